The highest BCUT2D eigenvalue weighted by atomic mass is 16.5. The van der Waals surface area contributed by atoms with Crippen molar-refractivity contribution in [1.29, 1.82) is 0 Å². The lowest BCUT2D eigenvalue weighted by molar-refractivity contribution is 0.153. The lowest BCUT2D eigenvalue weighted by Gasteiger charge is -2.14. The number of nitrogens with one attached hydrogen (secondary N) is 2. The predicted molar refractivity (Wildman–Crippen MR) is 109 cm³/mol. The number of rotatable bonds is 3. The number of allylic oxidation sites excluding steroid dienone is 1. The van der Waals surface area contributed by atoms with Crippen LogP contribution in [0.2, 0.25) is 0 Å². The van der Waals surface area contributed by atoms with Crippen molar-refractivity contribution in [1.82, 2.24) is 5.48 Å². The number of hydrogen-bond donors (Lipinski definition) is 5. The molecule has 3 aliphatic rings. The van der Waals surface area contributed by atoms with E-state index in [0.717, 1.165) is 37.1 Å². The van der Waals surface area contributed by atoms with Gasteiger partial charge in [-0.25, -0.2) is 4.79 Å². The molecule has 0 fully saturated rings. The highest BCUT2D eigenvalue weighted by Crippen LogP contribution is 2.38. The molecule has 1 aromatic rings. The number of carbonyl (C=O) groups is 1. The van der Waals surface area contributed by atoms with Crippen molar-refractivity contribution in [3.63, 3.8) is 0 Å². The number of ether oxygens (including phenoxy) is 1. The molecular formula is C20H29N5O3. The molecule has 28 heavy (non-hydrogen) atoms. The molecule has 0 aromatic heterocycles. The first-order chi connectivity index (χ1) is 13.6. The number of nitrogens with two attached hydrogens (primary N) is 2. The maximum absolute atomic E-state index is 11.1. The van der Waals surface area contributed by atoms with Crippen LogP contribution in [0, 0.1) is 0 Å². The lowest BCUT2D eigenvalue weighted by atomic mass is 9.99. The number of nitrogens with zero attached hydrogens (tertiary/aromatic N) is 1. The van der Waals surface area contributed by atoms with Crippen molar-refractivity contribution in [2.24, 2.45) is 16.5 Å². The van der Waals surface area contributed by atoms with E-state index in [1.807, 2.05) is 5.48 Å². The summed E-state index contributed by atoms with van der Waals surface area (Å²) in [5.74, 6) is 0. The third-order valence-corrected chi connectivity index (χ3v) is 5.34. The van der Waals surface area contributed by atoms with Gasteiger partial charge in [-0.05, 0) is 60.8 Å². The molecule has 0 saturated heterocycles. The Morgan fingerprint density at radius 1 is 1.11 bits per heavy atom. The van der Waals surface area contributed by atoms with Gasteiger partial charge in [-0.15, -0.1) is 0 Å². The van der Waals surface area contributed by atoms with Crippen LogP contribution in [0.25, 0.3) is 0 Å². The monoisotopic (exact) mass is 387 g/mol. The average Bonchev–Trinajstić information content (AvgIpc) is 3.26. The summed E-state index contributed by atoms with van der Waals surface area (Å²) in [7, 11) is 0. The highest BCUT2D eigenvalue weighted by Gasteiger charge is 2.24. The molecule has 0 bridgehead atoms. The minimum atomic E-state index is -0.436. The van der Waals surface area contributed by atoms with Gasteiger partial charge in [0, 0.05) is 18.3 Å². The number of benzene rings is 1. The number of carbonyl (C=O) groups excluding carboxylic acids is 1. The Morgan fingerprint density at radius 2 is 1.79 bits per heavy atom. The smallest absolute Gasteiger partial charge is 0.316 e. The van der Waals surface area contributed by atoms with Crippen LogP contribution in [0.15, 0.2) is 23.0 Å². The molecule has 4 rings (SSSR count). The van der Waals surface area contributed by atoms with Gasteiger partial charge in [-0.2, -0.15) is 0 Å². The van der Waals surface area contributed by atoms with E-state index in [2.05, 4.69) is 16.4 Å². The number of aryl methyl sites for hydroxylation is 2. The van der Waals surface area contributed by atoms with Crippen LogP contribution in [-0.4, -0.2) is 36.7 Å². The standard InChI is InChI=1S/C13H16N2O.C7H13N3O2/c14-13(16)15-12-10-5-1-3-8(10)7-9-4-2-6-11(9)12;8-5-7(10-11)6-1-3-12-4-2-9-6/h7H,1-6H2,(H3,14,15,16);5,10-11H,1-4,8H2/b;7-5+. The third kappa shape index (κ3) is 4.63. The molecule has 2 aliphatic carbocycles. The molecule has 8 nitrogen and oxygen atoms in total. The van der Waals surface area contributed by atoms with Crippen LogP contribution in [0.1, 0.15) is 41.5 Å². The van der Waals surface area contributed by atoms with Gasteiger partial charge in [0.25, 0.3) is 0 Å². The molecule has 1 aromatic carbocycles. The summed E-state index contributed by atoms with van der Waals surface area (Å²) in [6.45, 7) is 1.87. The third-order valence-electron chi connectivity index (χ3n) is 5.34. The van der Waals surface area contributed by atoms with Gasteiger partial charge < -0.3 is 21.5 Å². The molecule has 0 spiro atoms. The van der Waals surface area contributed by atoms with Crippen LogP contribution in [0.4, 0.5) is 10.5 Å². The SMILES string of the molecule is N/C=C(/NO)C1=NCCOCC1.NC(=O)Nc1c2c(cc3c1CCC3)CCC2. The Balaban J connectivity index is 0.000000169. The second kappa shape index (κ2) is 9.57. The van der Waals surface area contributed by atoms with Crippen LogP contribution >= 0.6 is 0 Å². The highest BCUT2D eigenvalue weighted by molar-refractivity contribution is 5.99. The summed E-state index contributed by atoms with van der Waals surface area (Å²) >= 11 is 0. The Kier molecular flexibility index (Phi) is 6.89. The van der Waals surface area contributed by atoms with E-state index in [1.54, 1.807) is 0 Å². The van der Waals surface area contributed by atoms with Crippen molar-refractivity contribution in [2.45, 2.75) is 44.9 Å². The van der Waals surface area contributed by atoms with E-state index >= 15 is 0 Å². The summed E-state index contributed by atoms with van der Waals surface area (Å²) in [5.41, 5.74) is 20.3. The molecule has 2 amide bonds. The van der Waals surface area contributed by atoms with Crippen molar-refractivity contribution in [3.8, 4) is 0 Å². The number of aliphatic imine (C=N–C) groups is 1. The van der Waals surface area contributed by atoms with Gasteiger partial charge in [0.1, 0.15) is 0 Å². The van der Waals surface area contributed by atoms with Gasteiger partial charge in [-0.3, -0.25) is 15.7 Å². The zero-order chi connectivity index (χ0) is 19.9. The summed E-state index contributed by atoms with van der Waals surface area (Å²) in [4.78, 5) is 15.3. The van der Waals surface area contributed by atoms with Gasteiger partial charge in [0.05, 0.1) is 31.2 Å². The Hall–Kier alpha value is -2.58. The summed E-state index contributed by atoms with van der Waals surface area (Å²) in [5, 5.41) is 11.5. The van der Waals surface area contributed by atoms with Gasteiger partial charge in [-0.1, -0.05) is 6.07 Å². The minimum absolute atomic E-state index is 0.436. The first-order valence-corrected chi connectivity index (χ1v) is 9.80. The maximum atomic E-state index is 11.1. The lowest BCUT2D eigenvalue weighted by Crippen LogP contribution is -2.21. The second-order valence-electron chi connectivity index (χ2n) is 7.11. The van der Waals surface area contributed by atoms with Crippen molar-refractivity contribution < 1.29 is 14.7 Å². The van der Waals surface area contributed by atoms with Crippen LogP contribution in [-0.2, 0) is 30.4 Å². The molecule has 152 valence electrons. The molecule has 0 atom stereocenters. The Bertz CT molecular complexity index is 756. The summed E-state index contributed by atoms with van der Waals surface area (Å²) in [6.07, 6.45) is 8.83. The van der Waals surface area contributed by atoms with Gasteiger partial charge in [0.15, 0.2) is 0 Å². The van der Waals surface area contributed by atoms with Gasteiger partial charge >= 0.3 is 6.03 Å². The first-order valence-electron chi connectivity index (χ1n) is 9.80. The van der Waals surface area contributed by atoms with Crippen molar-refractivity contribution in [3.05, 3.63) is 40.2 Å². The van der Waals surface area contributed by atoms with Crippen LogP contribution in [0.3, 0.4) is 0 Å². The number of anilines is 1. The molecule has 7 N–H and O–H groups in total. The molecule has 0 unspecified atom stereocenters. The first kappa shape index (κ1) is 20.2. The molecule has 8 heteroatoms. The van der Waals surface area contributed by atoms with Crippen LogP contribution < -0.4 is 22.3 Å². The minimum Gasteiger partial charge on any atom is -0.403 e. The average molecular weight is 387 g/mol. The summed E-state index contributed by atoms with van der Waals surface area (Å²) in [6, 6.07) is 1.91. The van der Waals surface area contributed by atoms with E-state index < -0.39 is 6.03 Å². The van der Waals surface area contributed by atoms with Crippen molar-refractivity contribution in [2.75, 3.05) is 25.1 Å². The number of amides is 2. The quantitative estimate of drug-likeness (QED) is 0.504. The molecular weight excluding hydrogens is 358 g/mol. The van der Waals surface area contributed by atoms with Crippen LogP contribution in [0.5, 0.6) is 0 Å². The Labute approximate surface area is 165 Å². The zero-order valence-electron chi connectivity index (χ0n) is 16.1. The zero-order valence-corrected chi connectivity index (χ0v) is 16.1. The number of hydrogen-bond acceptors (Lipinski definition) is 6. The predicted octanol–water partition coefficient (Wildman–Crippen LogP) is 1.78. The fraction of sp³-hybridized carbons (Fsp3) is 0.500. The second-order valence-corrected chi connectivity index (χ2v) is 7.11. The number of urea groups is 1. The number of hydroxylamine groups is 1. The topological polar surface area (TPSA) is 135 Å². The van der Waals surface area contributed by atoms with E-state index in [4.69, 9.17) is 21.4 Å². The van der Waals surface area contributed by atoms with E-state index in [9.17, 15) is 4.79 Å². The summed E-state index contributed by atoms with van der Waals surface area (Å²) < 4.78 is 5.17. The Morgan fingerprint density at radius 3 is 2.36 bits per heavy atom. The fourth-order valence-corrected chi connectivity index (χ4v) is 4.10. The normalized spacial score (nSPS) is 18.2. The largest absolute Gasteiger partial charge is 0.403 e. The van der Waals surface area contributed by atoms with Gasteiger partial charge in [0.2, 0.25) is 0 Å². The number of fused-ring (bicyclic) bond motifs is 2. The van der Waals surface area contributed by atoms with E-state index in [0.29, 0.717) is 31.9 Å². The number of primary amides is 1. The molecule has 1 aliphatic heterocycles. The van der Waals surface area contributed by atoms with E-state index in [-0.39, 0.29) is 0 Å². The molecule has 1 heterocycles. The molecule has 0 saturated carbocycles. The molecule has 0 radical (unpaired) electrons. The van der Waals surface area contributed by atoms with Crippen molar-refractivity contribution >= 4 is 17.4 Å². The van der Waals surface area contributed by atoms with E-state index in [1.165, 1.54) is 41.3 Å². The maximum Gasteiger partial charge on any atom is 0.316 e. The fourth-order valence-electron chi connectivity index (χ4n) is 4.10.